The van der Waals surface area contributed by atoms with Gasteiger partial charge in [-0.3, -0.25) is 4.79 Å². The lowest BCUT2D eigenvalue weighted by Gasteiger charge is -2.17. The van der Waals surface area contributed by atoms with Crippen molar-refractivity contribution in [2.75, 3.05) is 7.11 Å². The van der Waals surface area contributed by atoms with Crippen LogP contribution in [-0.2, 0) is 21.9 Å². The highest BCUT2D eigenvalue weighted by Gasteiger charge is 2.37. The molecule has 1 aromatic rings. The topological polar surface area (TPSA) is 55.4 Å². The number of hydrogen-bond donors (Lipinski definition) is 1. The van der Waals surface area contributed by atoms with Gasteiger partial charge in [-0.15, -0.1) is 0 Å². The molecular formula is C17H17F6NO3. The molecule has 10 heteroatoms. The molecule has 4 nitrogen and oxygen atoms in total. The van der Waals surface area contributed by atoms with Crippen molar-refractivity contribution >= 4 is 11.9 Å². The summed E-state index contributed by atoms with van der Waals surface area (Å²) in [5.74, 6) is -2.15. The Morgan fingerprint density at radius 1 is 1.04 bits per heavy atom. The Balaban J connectivity index is 3.27. The third-order valence-electron chi connectivity index (χ3n) is 3.40. The maximum atomic E-state index is 12.9. The van der Waals surface area contributed by atoms with Gasteiger partial charge in [0.1, 0.15) is 6.04 Å². The molecule has 0 aromatic heterocycles. The van der Waals surface area contributed by atoms with Gasteiger partial charge in [-0.25, -0.2) is 4.79 Å². The zero-order valence-electron chi connectivity index (χ0n) is 14.6. The first-order valence-corrected chi connectivity index (χ1v) is 7.57. The first kappa shape index (κ1) is 22.5. The number of ether oxygens (including phenoxy) is 1. The van der Waals surface area contributed by atoms with Crippen molar-refractivity contribution in [3.05, 3.63) is 46.5 Å². The third kappa shape index (κ3) is 6.61. The molecule has 0 aliphatic heterocycles. The number of benzene rings is 1. The molecule has 27 heavy (non-hydrogen) atoms. The Labute approximate surface area is 151 Å². The summed E-state index contributed by atoms with van der Waals surface area (Å²) in [5.41, 5.74) is -3.33. The molecule has 0 fully saturated rings. The van der Waals surface area contributed by atoms with Crippen molar-refractivity contribution in [2.45, 2.75) is 38.7 Å². The number of rotatable bonds is 5. The van der Waals surface area contributed by atoms with Gasteiger partial charge in [-0.1, -0.05) is 11.6 Å². The molecule has 0 spiro atoms. The van der Waals surface area contributed by atoms with E-state index in [-0.39, 0.29) is 12.5 Å². The molecular weight excluding hydrogens is 380 g/mol. The summed E-state index contributed by atoms with van der Waals surface area (Å²) in [6, 6.07) is -0.765. The highest BCUT2D eigenvalue weighted by atomic mass is 19.4. The normalized spacial score (nSPS) is 12.9. The van der Waals surface area contributed by atoms with Gasteiger partial charge in [-0.2, -0.15) is 26.3 Å². The van der Waals surface area contributed by atoms with E-state index in [2.05, 4.69) is 10.1 Å². The highest BCUT2D eigenvalue weighted by Crippen LogP contribution is 2.36. The van der Waals surface area contributed by atoms with Gasteiger partial charge in [0.15, 0.2) is 0 Å². The van der Waals surface area contributed by atoms with Crippen molar-refractivity contribution < 1.29 is 40.7 Å². The Morgan fingerprint density at radius 2 is 1.52 bits per heavy atom. The minimum Gasteiger partial charge on any atom is -0.467 e. The number of methoxy groups -OCH3 is 1. The number of halogens is 6. The zero-order chi connectivity index (χ0) is 21.0. The van der Waals surface area contributed by atoms with Gasteiger partial charge in [0.25, 0.3) is 5.91 Å². The SMILES string of the molecule is COC(=O)[C@H](CC=C(C)C)NC(=O)c1cc(C(F)(F)F)cc(C(F)(F)F)c1. The summed E-state index contributed by atoms with van der Waals surface area (Å²) in [5, 5.41) is 2.10. The second kappa shape index (κ2) is 8.45. The second-order valence-electron chi connectivity index (χ2n) is 5.86. The molecule has 1 rings (SSSR count). The Kier molecular flexibility index (Phi) is 7.05. The molecule has 0 aliphatic carbocycles. The van der Waals surface area contributed by atoms with Crippen molar-refractivity contribution in [1.82, 2.24) is 5.32 Å². The van der Waals surface area contributed by atoms with Crippen molar-refractivity contribution in [3.63, 3.8) is 0 Å². The van der Waals surface area contributed by atoms with Crippen LogP contribution in [0.1, 0.15) is 41.8 Å². The fourth-order valence-electron chi connectivity index (χ4n) is 2.04. The molecule has 1 atom stereocenters. The van der Waals surface area contributed by atoms with Crippen LogP contribution in [0.4, 0.5) is 26.3 Å². The predicted molar refractivity (Wildman–Crippen MR) is 83.8 cm³/mol. The van der Waals surface area contributed by atoms with E-state index in [1.807, 2.05) is 0 Å². The van der Waals surface area contributed by atoms with Crippen molar-refractivity contribution in [1.29, 1.82) is 0 Å². The average molecular weight is 397 g/mol. The van der Waals surface area contributed by atoms with Gasteiger partial charge >= 0.3 is 18.3 Å². The summed E-state index contributed by atoms with van der Waals surface area (Å²) in [4.78, 5) is 23.9. The summed E-state index contributed by atoms with van der Waals surface area (Å²) in [6.07, 6.45) is -8.64. The number of alkyl halides is 6. The van der Waals surface area contributed by atoms with Crippen molar-refractivity contribution in [3.8, 4) is 0 Å². The molecule has 150 valence electrons. The van der Waals surface area contributed by atoms with E-state index in [9.17, 15) is 35.9 Å². The lowest BCUT2D eigenvalue weighted by Crippen LogP contribution is -2.41. The van der Waals surface area contributed by atoms with E-state index >= 15 is 0 Å². The second-order valence-corrected chi connectivity index (χ2v) is 5.86. The Morgan fingerprint density at radius 3 is 1.89 bits per heavy atom. The summed E-state index contributed by atoms with van der Waals surface area (Å²) < 4.78 is 81.7. The molecule has 0 unspecified atom stereocenters. The molecule has 0 aliphatic rings. The van der Waals surface area contributed by atoms with E-state index in [1.165, 1.54) is 0 Å². The fourth-order valence-corrected chi connectivity index (χ4v) is 2.04. The maximum Gasteiger partial charge on any atom is 0.416 e. The quantitative estimate of drug-likeness (QED) is 0.457. The monoisotopic (exact) mass is 397 g/mol. The van der Waals surface area contributed by atoms with E-state index in [4.69, 9.17) is 0 Å². The van der Waals surface area contributed by atoms with Gasteiger partial charge in [-0.05, 0) is 38.5 Å². The predicted octanol–water partition coefficient (Wildman–Crippen LogP) is 4.35. The third-order valence-corrected chi connectivity index (χ3v) is 3.40. The van der Waals surface area contributed by atoms with Gasteiger partial charge in [0.05, 0.1) is 18.2 Å². The molecule has 0 bridgehead atoms. The fraction of sp³-hybridized carbons (Fsp3) is 0.412. The van der Waals surface area contributed by atoms with Crippen LogP contribution in [0.25, 0.3) is 0 Å². The number of nitrogens with one attached hydrogen (secondary N) is 1. The van der Waals surface area contributed by atoms with Gasteiger partial charge in [0.2, 0.25) is 0 Å². The summed E-state index contributed by atoms with van der Waals surface area (Å²) in [7, 11) is 1.04. The summed E-state index contributed by atoms with van der Waals surface area (Å²) >= 11 is 0. The summed E-state index contributed by atoms with van der Waals surface area (Å²) in [6.45, 7) is 3.41. The molecule has 0 saturated carbocycles. The van der Waals surface area contributed by atoms with Gasteiger partial charge < -0.3 is 10.1 Å². The van der Waals surface area contributed by atoms with Crippen molar-refractivity contribution in [2.24, 2.45) is 0 Å². The molecule has 0 heterocycles. The highest BCUT2D eigenvalue weighted by molar-refractivity contribution is 5.97. The van der Waals surface area contributed by atoms with E-state index in [1.54, 1.807) is 19.9 Å². The lowest BCUT2D eigenvalue weighted by molar-refractivity contribution is -0.144. The minimum atomic E-state index is -5.08. The molecule has 0 saturated heterocycles. The largest absolute Gasteiger partial charge is 0.467 e. The first-order valence-electron chi connectivity index (χ1n) is 7.57. The van der Waals surface area contributed by atoms with Crippen LogP contribution < -0.4 is 5.32 Å². The molecule has 0 radical (unpaired) electrons. The van der Waals surface area contributed by atoms with Crippen LogP contribution in [0.15, 0.2) is 29.8 Å². The average Bonchev–Trinajstić information content (AvgIpc) is 2.55. The number of esters is 1. The number of carbonyl (C=O) groups excluding carboxylic acids is 2. The van der Waals surface area contributed by atoms with Gasteiger partial charge in [0, 0.05) is 5.56 Å². The zero-order valence-corrected chi connectivity index (χ0v) is 14.6. The number of carbonyl (C=O) groups is 2. The first-order chi connectivity index (χ1) is 12.3. The van der Waals surface area contributed by atoms with Crippen LogP contribution in [0.5, 0.6) is 0 Å². The minimum absolute atomic E-state index is 0.0359. The maximum absolute atomic E-state index is 12.9. The van der Waals surface area contributed by atoms with Crippen LogP contribution >= 0.6 is 0 Å². The number of allylic oxidation sites excluding steroid dienone is 1. The molecule has 1 amide bonds. The standard InChI is InChI=1S/C17H17F6NO3/c1-9(2)4-5-13(15(26)27-3)24-14(25)10-6-11(16(18,19)20)8-12(7-10)17(21,22)23/h4,6-8,13H,5H2,1-3H3,(H,24,25)/t13-/m0/s1. The van der Waals surface area contributed by atoms with E-state index in [0.29, 0.717) is 12.1 Å². The van der Waals surface area contributed by atoms with Crippen LogP contribution in [0, 0.1) is 0 Å². The number of amides is 1. The Hall–Kier alpha value is -2.52. The number of hydrogen-bond acceptors (Lipinski definition) is 3. The van der Waals surface area contributed by atoms with Crippen LogP contribution in [0.3, 0.4) is 0 Å². The van der Waals surface area contributed by atoms with E-state index in [0.717, 1.165) is 12.7 Å². The Bertz CT molecular complexity index is 701. The lowest BCUT2D eigenvalue weighted by atomic mass is 10.0. The van der Waals surface area contributed by atoms with Crippen LogP contribution in [-0.4, -0.2) is 25.0 Å². The van der Waals surface area contributed by atoms with Crippen LogP contribution in [0.2, 0.25) is 0 Å². The molecule has 1 N–H and O–H groups in total. The van der Waals surface area contributed by atoms with E-state index < -0.39 is 47.0 Å². The molecule has 1 aromatic carbocycles. The smallest absolute Gasteiger partial charge is 0.416 e.